The van der Waals surface area contributed by atoms with Gasteiger partial charge in [0.25, 0.3) is 5.91 Å². The predicted octanol–water partition coefficient (Wildman–Crippen LogP) is 5.43. The van der Waals surface area contributed by atoms with Gasteiger partial charge in [0.2, 0.25) is 0 Å². The lowest BCUT2D eigenvalue weighted by molar-refractivity contribution is -0.118. The largest absolute Gasteiger partial charge is 0.348 e. The van der Waals surface area contributed by atoms with Crippen LogP contribution in [0.5, 0.6) is 0 Å². The molecule has 1 saturated carbocycles. The van der Waals surface area contributed by atoms with Gasteiger partial charge in [0.15, 0.2) is 0 Å². The van der Waals surface area contributed by atoms with Gasteiger partial charge in [-0.3, -0.25) is 4.79 Å². The van der Waals surface area contributed by atoms with E-state index < -0.39 is 0 Å². The molecule has 0 unspecified atom stereocenters. The Bertz CT molecular complexity index is 1150. The Kier molecular flexibility index (Phi) is 6.18. The summed E-state index contributed by atoms with van der Waals surface area (Å²) in [5, 5.41) is 13.7. The number of fused-ring (bicyclic) bond motifs is 1. The molecule has 0 saturated heterocycles. The normalized spacial score (nSPS) is 19.2. The first-order valence-electron chi connectivity index (χ1n) is 10.8. The molecule has 2 atom stereocenters. The summed E-state index contributed by atoms with van der Waals surface area (Å²) in [5.74, 6) is -0.145. The fourth-order valence-electron chi connectivity index (χ4n) is 4.39. The van der Waals surface area contributed by atoms with E-state index in [9.17, 15) is 14.4 Å². The number of carbonyl (C=O) groups is 1. The zero-order valence-electron chi connectivity index (χ0n) is 17.6. The minimum absolute atomic E-state index is 0.113. The number of para-hydroxylation sites is 1. The molecule has 0 aliphatic heterocycles. The topological polar surface area (TPSA) is 57.8 Å². The van der Waals surface area contributed by atoms with Crippen LogP contribution in [0.1, 0.15) is 43.7 Å². The van der Waals surface area contributed by atoms with Gasteiger partial charge >= 0.3 is 0 Å². The second-order valence-electron chi connectivity index (χ2n) is 8.37. The van der Waals surface area contributed by atoms with Crippen molar-refractivity contribution < 1.29 is 9.18 Å². The van der Waals surface area contributed by atoms with Crippen molar-refractivity contribution in [2.24, 2.45) is 5.92 Å². The Morgan fingerprint density at radius 3 is 2.68 bits per heavy atom. The molecule has 2 aromatic carbocycles. The van der Waals surface area contributed by atoms with E-state index in [0.717, 1.165) is 41.3 Å². The third kappa shape index (κ3) is 4.69. The van der Waals surface area contributed by atoms with Crippen molar-refractivity contribution in [2.75, 3.05) is 0 Å². The maximum absolute atomic E-state index is 13.2. The van der Waals surface area contributed by atoms with E-state index in [2.05, 4.69) is 22.9 Å². The summed E-state index contributed by atoms with van der Waals surface area (Å²) in [4.78, 5) is 12.8. The lowest BCUT2D eigenvalue weighted by Gasteiger charge is -2.29. The maximum atomic E-state index is 13.2. The van der Waals surface area contributed by atoms with E-state index in [-0.39, 0.29) is 23.3 Å². The van der Waals surface area contributed by atoms with E-state index >= 15 is 0 Å². The Balaban J connectivity index is 1.63. The van der Waals surface area contributed by atoms with Crippen LogP contribution in [0.2, 0.25) is 0 Å². The van der Waals surface area contributed by atoms with Gasteiger partial charge < -0.3 is 9.88 Å². The van der Waals surface area contributed by atoms with Crippen LogP contribution < -0.4 is 5.32 Å². The fourth-order valence-corrected chi connectivity index (χ4v) is 4.39. The van der Waals surface area contributed by atoms with Crippen LogP contribution in [0.3, 0.4) is 0 Å². The molecule has 4 rings (SSSR count). The molecule has 1 fully saturated rings. The van der Waals surface area contributed by atoms with Gasteiger partial charge in [-0.15, -0.1) is 0 Å². The summed E-state index contributed by atoms with van der Waals surface area (Å²) >= 11 is 0. The average molecular weight is 416 g/mol. The van der Waals surface area contributed by atoms with Crippen molar-refractivity contribution in [3.63, 3.8) is 0 Å². The van der Waals surface area contributed by atoms with E-state index in [1.165, 1.54) is 18.6 Å². The Labute approximate surface area is 182 Å². The van der Waals surface area contributed by atoms with Gasteiger partial charge in [0, 0.05) is 35.2 Å². The minimum atomic E-state index is -0.309. The minimum Gasteiger partial charge on any atom is -0.348 e. The average Bonchev–Trinajstić information content (AvgIpc) is 3.12. The van der Waals surface area contributed by atoms with Crippen LogP contribution in [0.4, 0.5) is 4.39 Å². The lowest BCUT2D eigenvalue weighted by Crippen LogP contribution is -2.41. The third-order valence-electron chi connectivity index (χ3n) is 6.18. The van der Waals surface area contributed by atoms with Crippen LogP contribution in [0.15, 0.2) is 60.3 Å². The molecule has 1 aromatic heterocycles. The van der Waals surface area contributed by atoms with Crippen LogP contribution >= 0.6 is 0 Å². The number of aromatic nitrogens is 1. The Hall–Kier alpha value is -3.39. The van der Waals surface area contributed by atoms with E-state index in [0.29, 0.717) is 12.5 Å². The standard InChI is InChI=1S/C26H26FN3O/c1-18-6-2-4-8-24(18)29-26(31)20(15-28)14-21-17-30(25-9-5-3-7-23(21)25)16-19-10-12-22(27)13-11-19/h3,5,7,9-14,17-18,24H,2,4,6,8,16H2,1H3,(H,29,31)/b20-14+/t18-,24+/m0/s1. The molecular formula is C26H26FN3O. The number of rotatable bonds is 5. The zero-order chi connectivity index (χ0) is 21.8. The highest BCUT2D eigenvalue weighted by Crippen LogP contribution is 2.26. The number of hydrogen-bond donors (Lipinski definition) is 1. The molecule has 0 spiro atoms. The number of benzene rings is 2. The maximum Gasteiger partial charge on any atom is 0.262 e. The summed E-state index contributed by atoms with van der Waals surface area (Å²) < 4.78 is 15.3. The molecule has 158 valence electrons. The van der Waals surface area contributed by atoms with Gasteiger partial charge in [-0.1, -0.05) is 50.1 Å². The highest BCUT2D eigenvalue weighted by Gasteiger charge is 2.24. The smallest absolute Gasteiger partial charge is 0.262 e. The van der Waals surface area contributed by atoms with Crippen molar-refractivity contribution in [3.05, 3.63) is 77.2 Å². The van der Waals surface area contributed by atoms with Crippen molar-refractivity contribution in [3.8, 4) is 6.07 Å². The van der Waals surface area contributed by atoms with Crippen molar-refractivity contribution in [2.45, 2.75) is 45.2 Å². The van der Waals surface area contributed by atoms with Gasteiger partial charge in [-0.25, -0.2) is 4.39 Å². The Morgan fingerprint density at radius 2 is 1.94 bits per heavy atom. The fraction of sp³-hybridized carbons (Fsp3) is 0.308. The van der Waals surface area contributed by atoms with E-state index in [1.807, 2.05) is 30.5 Å². The monoisotopic (exact) mass is 415 g/mol. The molecule has 1 aliphatic rings. The number of halogens is 1. The van der Waals surface area contributed by atoms with E-state index in [4.69, 9.17) is 0 Å². The predicted molar refractivity (Wildman–Crippen MR) is 121 cm³/mol. The quantitative estimate of drug-likeness (QED) is 0.446. The number of amides is 1. The number of nitriles is 1. The van der Waals surface area contributed by atoms with Crippen molar-refractivity contribution in [1.82, 2.24) is 9.88 Å². The Morgan fingerprint density at radius 1 is 1.19 bits per heavy atom. The summed E-state index contributed by atoms with van der Waals surface area (Å²) in [6.07, 6.45) is 7.99. The summed E-state index contributed by atoms with van der Waals surface area (Å²) in [7, 11) is 0. The molecular weight excluding hydrogens is 389 g/mol. The first-order chi connectivity index (χ1) is 15.0. The second kappa shape index (κ2) is 9.18. The molecule has 31 heavy (non-hydrogen) atoms. The molecule has 0 bridgehead atoms. The number of nitrogens with zero attached hydrogens (tertiary/aromatic N) is 2. The van der Waals surface area contributed by atoms with Gasteiger partial charge in [-0.05, 0) is 48.6 Å². The number of nitrogens with one attached hydrogen (secondary N) is 1. The molecule has 1 heterocycles. The highest BCUT2D eigenvalue weighted by atomic mass is 19.1. The van der Waals surface area contributed by atoms with E-state index in [1.54, 1.807) is 18.2 Å². The van der Waals surface area contributed by atoms with Crippen LogP contribution in [0.25, 0.3) is 17.0 Å². The summed E-state index contributed by atoms with van der Waals surface area (Å²) in [6, 6.07) is 16.5. The number of hydrogen-bond acceptors (Lipinski definition) is 2. The molecule has 3 aromatic rings. The van der Waals surface area contributed by atoms with Gasteiger partial charge in [-0.2, -0.15) is 5.26 Å². The molecule has 1 amide bonds. The van der Waals surface area contributed by atoms with Crippen molar-refractivity contribution in [1.29, 1.82) is 5.26 Å². The molecule has 1 N–H and O–H groups in total. The third-order valence-corrected chi connectivity index (χ3v) is 6.18. The molecule has 4 nitrogen and oxygen atoms in total. The van der Waals surface area contributed by atoms with Gasteiger partial charge in [0.1, 0.15) is 17.5 Å². The van der Waals surface area contributed by atoms with Gasteiger partial charge in [0.05, 0.1) is 0 Å². The highest BCUT2D eigenvalue weighted by molar-refractivity contribution is 6.04. The second-order valence-corrected chi connectivity index (χ2v) is 8.37. The first-order valence-corrected chi connectivity index (χ1v) is 10.8. The zero-order valence-corrected chi connectivity index (χ0v) is 17.6. The summed E-state index contributed by atoms with van der Waals surface area (Å²) in [6.45, 7) is 2.73. The summed E-state index contributed by atoms with van der Waals surface area (Å²) in [5.41, 5.74) is 2.91. The first kappa shape index (κ1) is 20.9. The van der Waals surface area contributed by atoms with Crippen molar-refractivity contribution >= 4 is 22.9 Å². The number of carbonyl (C=O) groups excluding carboxylic acids is 1. The van der Waals surface area contributed by atoms with Crippen LogP contribution in [-0.4, -0.2) is 16.5 Å². The van der Waals surface area contributed by atoms with Crippen LogP contribution in [-0.2, 0) is 11.3 Å². The molecule has 1 aliphatic carbocycles. The molecule has 0 radical (unpaired) electrons. The SMILES string of the molecule is C[C@H]1CCCC[C@H]1NC(=O)/C(C#N)=C/c1cn(Cc2ccc(F)cc2)c2ccccc12. The lowest BCUT2D eigenvalue weighted by atomic mass is 9.86. The molecule has 5 heteroatoms. The van der Waals surface area contributed by atoms with Crippen LogP contribution in [0, 0.1) is 23.1 Å².